The number of hydrogen-bond donors (Lipinski definition) is 1. The molecule has 0 saturated carbocycles. The zero-order valence-corrected chi connectivity index (χ0v) is 10.8. The second-order valence-corrected chi connectivity index (χ2v) is 4.15. The molecule has 0 aliphatic rings. The van der Waals surface area contributed by atoms with Crippen LogP contribution in [0.25, 0.3) is 0 Å². The molecule has 0 radical (unpaired) electrons. The third-order valence-electron chi connectivity index (χ3n) is 2.83. The van der Waals surface area contributed by atoms with Gasteiger partial charge in [0.25, 0.3) is 0 Å². The lowest BCUT2D eigenvalue weighted by atomic mass is 10.1. The summed E-state index contributed by atoms with van der Waals surface area (Å²) in [6.07, 6.45) is 3.85. The number of aryl methyl sites for hydroxylation is 1. The second-order valence-electron chi connectivity index (χ2n) is 4.15. The van der Waals surface area contributed by atoms with Crippen molar-refractivity contribution in [2.24, 2.45) is 0 Å². The molecular weight excluding hydrogens is 226 g/mol. The van der Waals surface area contributed by atoms with E-state index >= 15 is 0 Å². The van der Waals surface area contributed by atoms with E-state index in [1.54, 1.807) is 7.11 Å². The number of ether oxygens (including phenoxy) is 1. The highest BCUT2D eigenvalue weighted by Gasteiger charge is 2.11. The molecule has 1 unspecified atom stereocenters. The summed E-state index contributed by atoms with van der Waals surface area (Å²) in [4.78, 5) is 0. The van der Waals surface area contributed by atoms with E-state index in [1.165, 1.54) is 5.56 Å². The van der Waals surface area contributed by atoms with Crippen molar-refractivity contribution in [1.82, 2.24) is 9.78 Å². The minimum Gasteiger partial charge on any atom is -0.382 e. The maximum atomic E-state index is 5.27. The van der Waals surface area contributed by atoms with E-state index in [0.717, 1.165) is 12.2 Å². The molecule has 0 fully saturated rings. The average Bonchev–Trinajstić information content (AvgIpc) is 2.87. The third-order valence-corrected chi connectivity index (χ3v) is 2.83. The summed E-state index contributed by atoms with van der Waals surface area (Å²) in [5, 5.41) is 7.70. The molecule has 0 aliphatic carbocycles. The third kappa shape index (κ3) is 3.11. The largest absolute Gasteiger partial charge is 0.382 e. The van der Waals surface area contributed by atoms with Crippen molar-refractivity contribution in [3.8, 4) is 0 Å². The minimum absolute atomic E-state index is 0.144. The van der Waals surface area contributed by atoms with Crippen LogP contribution in [0.1, 0.15) is 18.5 Å². The highest BCUT2D eigenvalue weighted by molar-refractivity contribution is 5.41. The summed E-state index contributed by atoms with van der Waals surface area (Å²) < 4.78 is 7.17. The molecule has 0 bridgehead atoms. The fourth-order valence-electron chi connectivity index (χ4n) is 1.89. The van der Waals surface area contributed by atoms with Crippen molar-refractivity contribution in [1.29, 1.82) is 0 Å². The Morgan fingerprint density at radius 2 is 2.11 bits per heavy atom. The van der Waals surface area contributed by atoms with E-state index in [9.17, 15) is 0 Å². The second kappa shape index (κ2) is 6.21. The first kappa shape index (κ1) is 12.6. The van der Waals surface area contributed by atoms with Gasteiger partial charge in [0.15, 0.2) is 0 Å². The van der Waals surface area contributed by atoms with Gasteiger partial charge in [0, 0.05) is 19.9 Å². The molecule has 4 nitrogen and oxygen atoms in total. The Bertz CT molecular complexity index is 467. The van der Waals surface area contributed by atoms with Crippen LogP contribution in [0, 0.1) is 0 Å². The highest BCUT2D eigenvalue weighted by Crippen LogP contribution is 2.19. The molecule has 1 atom stereocenters. The molecule has 1 heterocycles. The van der Waals surface area contributed by atoms with Gasteiger partial charge in [-0.1, -0.05) is 30.3 Å². The molecule has 1 aromatic carbocycles. The Balaban J connectivity index is 2.11. The fourth-order valence-corrected chi connectivity index (χ4v) is 1.89. The summed E-state index contributed by atoms with van der Waals surface area (Å²) in [5.41, 5.74) is 2.23. The normalized spacial score (nSPS) is 12.3. The van der Waals surface area contributed by atoms with Crippen molar-refractivity contribution in [2.45, 2.75) is 19.5 Å². The maximum Gasteiger partial charge on any atom is 0.0748 e. The first-order valence-corrected chi connectivity index (χ1v) is 6.16. The van der Waals surface area contributed by atoms with E-state index in [4.69, 9.17) is 4.74 Å². The van der Waals surface area contributed by atoms with Crippen molar-refractivity contribution in [2.75, 3.05) is 19.0 Å². The molecule has 96 valence electrons. The first-order valence-electron chi connectivity index (χ1n) is 6.16. The van der Waals surface area contributed by atoms with Crippen LogP contribution in [0.5, 0.6) is 0 Å². The van der Waals surface area contributed by atoms with Gasteiger partial charge in [0.05, 0.1) is 24.5 Å². The molecule has 0 aliphatic heterocycles. The number of anilines is 1. The predicted molar refractivity (Wildman–Crippen MR) is 72.6 cm³/mol. The monoisotopic (exact) mass is 245 g/mol. The van der Waals surface area contributed by atoms with E-state index in [1.807, 2.05) is 35.3 Å². The van der Waals surface area contributed by atoms with Crippen molar-refractivity contribution < 1.29 is 4.74 Å². The smallest absolute Gasteiger partial charge is 0.0748 e. The van der Waals surface area contributed by atoms with Gasteiger partial charge in [-0.15, -0.1) is 0 Å². The van der Waals surface area contributed by atoms with Gasteiger partial charge in [0.2, 0.25) is 0 Å². The number of nitrogens with zero attached hydrogens (tertiary/aromatic N) is 2. The Morgan fingerprint density at radius 1 is 1.33 bits per heavy atom. The van der Waals surface area contributed by atoms with Crippen LogP contribution in [0.3, 0.4) is 0 Å². The Kier molecular flexibility index (Phi) is 4.36. The lowest BCUT2D eigenvalue weighted by molar-refractivity contribution is 0.186. The van der Waals surface area contributed by atoms with Gasteiger partial charge in [-0.3, -0.25) is 4.68 Å². The number of rotatable bonds is 6. The van der Waals surface area contributed by atoms with Crippen LogP contribution in [0.15, 0.2) is 42.7 Å². The van der Waals surface area contributed by atoms with E-state index in [2.05, 4.69) is 29.5 Å². The summed E-state index contributed by atoms with van der Waals surface area (Å²) in [6, 6.07) is 10.4. The van der Waals surface area contributed by atoms with Crippen LogP contribution in [0.2, 0.25) is 0 Å². The van der Waals surface area contributed by atoms with Gasteiger partial charge in [0.1, 0.15) is 0 Å². The van der Waals surface area contributed by atoms with E-state index in [-0.39, 0.29) is 6.04 Å². The zero-order chi connectivity index (χ0) is 12.8. The molecule has 18 heavy (non-hydrogen) atoms. The van der Waals surface area contributed by atoms with Crippen molar-refractivity contribution >= 4 is 5.69 Å². The van der Waals surface area contributed by atoms with Gasteiger partial charge in [-0.2, -0.15) is 5.10 Å². The minimum atomic E-state index is 0.144. The molecule has 0 amide bonds. The first-order chi connectivity index (χ1) is 8.83. The summed E-state index contributed by atoms with van der Waals surface area (Å²) in [5.74, 6) is 0. The van der Waals surface area contributed by atoms with Crippen molar-refractivity contribution in [3.05, 3.63) is 48.3 Å². The van der Waals surface area contributed by atoms with Crippen LogP contribution < -0.4 is 5.32 Å². The lowest BCUT2D eigenvalue weighted by Crippen LogP contribution is -2.15. The number of aromatic nitrogens is 2. The summed E-state index contributed by atoms with van der Waals surface area (Å²) in [6.45, 7) is 3.57. The van der Waals surface area contributed by atoms with Crippen LogP contribution in [-0.2, 0) is 11.3 Å². The predicted octanol–water partition coefficient (Wildman–Crippen LogP) is 2.70. The maximum absolute atomic E-state index is 5.27. The molecule has 0 spiro atoms. The summed E-state index contributed by atoms with van der Waals surface area (Å²) >= 11 is 0. The fraction of sp³-hybridized carbons (Fsp3) is 0.357. The number of benzene rings is 1. The molecule has 2 aromatic rings. The lowest BCUT2D eigenvalue weighted by Gasteiger charge is -2.18. The quantitative estimate of drug-likeness (QED) is 0.850. The molecule has 0 saturated heterocycles. The highest BCUT2D eigenvalue weighted by atomic mass is 16.5. The van der Waals surface area contributed by atoms with E-state index in [0.29, 0.717) is 6.61 Å². The van der Waals surface area contributed by atoms with Crippen LogP contribution >= 0.6 is 0 Å². The van der Waals surface area contributed by atoms with Gasteiger partial charge in [-0.05, 0) is 12.5 Å². The Morgan fingerprint density at radius 3 is 2.72 bits per heavy atom. The molecule has 4 heteroatoms. The summed E-state index contributed by atoms with van der Waals surface area (Å²) in [7, 11) is 1.72. The Labute approximate surface area is 108 Å². The average molecular weight is 245 g/mol. The van der Waals surface area contributed by atoms with Crippen molar-refractivity contribution in [3.63, 3.8) is 0 Å². The van der Waals surface area contributed by atoms with Gasteiger partial charge in [-0.25, -0.2) is 0 Å². The Hall–Kier alpha value is -1.81. The van der Waals surface area contributed by atoms with E-state index < -0.39 is 0 Å². The van der Waals surface area contributed by atoms with Gasteiger partial charge >= 0.3 is 0 Å². The number of nitrogens with one attached hydrogen (secondary N) is 1. The standard InChI is InChI=1S/C14H19N3O/c1-3-17-10-13(9-15-17)16-14(11-18-2)12-7-5-4-6-8-12/h4-10,14,16H,3,11H2,1-2H3. The SMILES string of the molecule is CCn1cc(NC(COC)c2ccccc2)cn1. The molecule has 1 aromatic heterocycles. The number of methoxy groups -OCH3 is 1. The zero-order valence-electron chi connectivity index (χ0n) is 10.8. The van der Waals surface area contributed by atoms with Crippen LogP contribution in [-0.4, -0.2) is 23.5 Å². The van der Waals surface area contributed by atoms with Crippen LogP contribution in [0.4, 0.5) is 5.69 Å². The topological polar surface area (TPSA) is 39.1 Å². The molecule has 2 rings (SSSR count). The molecule has 1 N–H and O–H groups in total. The number of hydrogen-bond acceptors (Lipinski definition) is 3. The van der Waals surface area contributed by atoms with Gasteiger partial charge < -0.3 is 10.1 Å². The molecular formula is C14H19N3O.